The van der Waals surface area contributed by atoms with E-state index in [2.05, 4.69) is 19.6 Å². The van der Waals surface area contributed by atoms with Crippen LogP contribution in [0, 0.1) is 6.08 Å². The molecule has 0 aromatic carbocycles. The zero-order valence-corrected chi connectivity index (χ0v) is 4.99. The molecule has 0 saturated heterocycles. The Morgan fingerprint density at radius 2 is 2.43 bits per heavy atom. The Bertz CT molecular complexity index is 78.0. The van der Waals surface area contributed by atoms with Crippen LogP contribution in [0.3, 0.4) is 0 Å². The Morgan fingerprint density at radius 1 is 1.86 bits per heavy atom. The van der Waals surface area contributed by atoms with Crippen LogP contribution < -0.4 is 0 Å². The van der Waals surface area contributed by atoms with Gasteiger partial charge in [0.15, 0.2) is 6.08 Å². The molecule has 7 heavy (non-hydrogen) atoms. The molecule has 0 heterocycles. The summed E-state index contributed by atoms with van der Waals surface area (Å²) in [7, 11) is 0. The Hall–Kier alpha value is -0.610. The van der Waals surface area contributed by atoms with E-state index in [1.807, 2.05) is 6.92 Å². The summed E-state index contributed by atoms with van der Waals surface area (Å²) in [5.74, 6) is 0. The first kappa shape index (κ1) is 6.39. The molecule has 0 amide bonds. The van der Waals surface area contributed by atoms with Crippen LogP contribution in [-0.2, 0) is 0 Å². The van der Waals surface area contributed by atoms with Gasteiger partial charge >= 0.3 is 0 Å². The number of hydrogen-bond acceptors (Lipinski definition) is 0. The van der Waals surface area contributed by atoms with Crippen molar-refractivity contribution in [1.29, 1.82) is 0 Å². The van der Waals surface area contributed by atoms with E-state index in [1.165, 1.54) is 5.57 Å². The van der Waals surface area contributed by atoms with Gasteiger partial charge in [-0.2, -0.15) is 0 Å². The number of allylic oxidation sites excluding steroid dienone is 3. The van der Waals surface area contributed by atoms with Gasteiger partial charge in [0.2, 0.25) is 0 Å². The van der Waals surface area contributed by atoms with Crippen molar-refractivity contribution in [3.63, 3.8) is 0 Å². The maximum Gasteiger partial charge on any atom is 0.152 e. The lowest BCUT2D eigenvalue weighted by atomic mass is 10.2. The van der Waals surface area contributed by atoms with E-state index >= 15 is 0 Å². The summed E-state index contributed by atoms with van der Waals surface area (Å²) >= 11 is 0. The molecule has 0 spiro atoms. The van der Waals surface area contributed by atoms with E-state index in [0.29, 0.717) is 0 Å². The standard InChI is InChI=1S/C7H11/c1-4-6-7(3)5-2/h4H,1,5H2,2-3H3/q+1. The zero-order chi connectivity index (χ0) is 5.70. The molecule has 0 aromatic heterocycles. The van der Waals surface area contributed by atoms with Crippen LogP contribution in [0.15, 0.2) is 18.2 Å². The van der Waals surface area contributed by atoms with Crippen molar-refractivity contribution >= 4 is 0 Å². The molecule has 0 unspecified atom stereocenters. The van der Waals surface area contributed by atoms with Crippen molar-refractivity contribution in [3.05, 3.63) is 24.3 Å². The van der Waals surface area contributed by atoms with Crippen LogP contribution >= 0.6 is 0 Å². The molecule has 0 heteroatoms. The third-order valence-electron chi connectivity index (χ3n) is 0.879. The zero-order valence-electron chi connectivity index (χ0n) is 4.99. The summed E-state index contributed by atoms with van der Waals surface area (Å²) in [5.41, 5.74) is 1.26. The van der Waals surface area contributed by atoms with E-state index in [-0.39, 0.29) is 0 Å². The predicted molar refractivity (Wildman–Crippen MR) is 32.9 cm³/mol. The molecule has 38 valence electrons. The fourth-order valence-corrected chi connectivity index (χ4v) is 0.276. The van der Waals surface area contributed by atoms with Gasteiger partial charge in [-0.1, -0.05) is 6.92 Å². The minimum atomic E-state index is 1.08. The van der Waals surface area contributed by atoms with Gasteiger partial charge in [0, 0.05) is 6.58 Å². The minimum Gasteiger partial charge on any atom is -0.0592 e. The van der Waals surface area contributed by atoms with Gasteiger partial charge in [-0.3, -0.25) is 0 Å². The number of rotatable bonds is 2. The minimum absolute atomic E-state index is 1.08. The van der Waals surface area contributed by atoms with Crippen LogP contribution in [0.1, 0.15) is 20.3 Å². The normalized spacial score (nSPS) is 10.3. The summed E-state index contributed by atoms with van der Waals surface area (Å²) in [5, 5.41) is 0. The first-order valence-corrected chi connectivity index (χ1v) is 2.51. The van der Waals surface area contributed by atoms with Crippen LogP contribution in [0.5, 0.6) is 0 Å². The maximum absolute atomic E-state index is 3.52. The van der Waals surface area contributed by atoms with E-state index < -0.39 is 0 Å². The fraction of sp³-hybridized carbons (Fsp3) is 0.429. The first-order chi connectivity index (χ1) is 3.31. The third-order valence-corrected chi connectivity index (χ3v) is 0.879. The van der Waals surface area contributed by atoms with Crippen LogP contribution in [0.25, 0.3) is 0 Å². The van der Waals surface area contributed by atoms with Gasteiger partial charge in [-0.15, -0.1) is 0 Å². The second-order valence-electron chi connectivity index (χ2n) is 1.48. The van der Waals surface area contributed by atoms with E-state index in [4.69, 9.17) is 0 Å². The molecule has 0 bridgehead atoms. The van der Waals surface area contributed by atoms with Crippen molar-refractivity contribution < 1.29 is 0 Å². The molecule has 0 rings (SSSR count). The second kappa shape index (κ2) is 3.58. The Labute approximate surface area is 45.5 Å². The third kappa shape index (κ3) is 3.21. The molecule has 0 N–H and O–H groups in total. The highest BCUT2D eigenvalue weighted by Crippen LogP contribution is 1.94. The predicted octanol–water partition coefficient (Wildman–Crippen LogP) is 2.33. The molecule has 0 fully saturated rings. The van der Waals surface area contributed by atoms with Gasteiger partial charge in [0.05, 0.1) is 11.6 Å². The van der Waals surface area contributed by atoms with Crippen LogP contribution in [0.2, 0.25) is 0 Å². The van der Waals surface area contributed by atoms with Crippen molar-refractivity contribution in [2.75, 3.05) is 0 Å². The molecule has 0 aliphatic carbocycles. The molecule has 0 radical (unpaired) electrons. The van der Waals surface area contributed by atoms with E-state index in [1.54, 1.807) is 6.08 Å². The molecule has 0 nitrogen and oxygen atoms in total. The highest BCUT2D eigenvalue weighted by molar-refractivity contribution is 4.99. The highest BCUT2D eigenvalue weighted by Gasteiger charge is 1.85. The Balaban J connectivity index is 3.49. The van der Waals surface area contributed by atoms with Crippen molar-refractivity contribution in [1.82, 2.24) is 0 Å². The molecule has 0 aromatic rings. The van der Waals surface area contributed by atoms with Gasteiger partial charge in [-0.05, 0) is 13.3 Å². The SMILES string of the molecule is C=C[C+]=C(C)CC. The molecule has 0 saturated carbocycles. The monoisotopic (exact) mass is 95.1 g/mol. The van der Waals surface area contributed by atoms with Crippen molar-refractivity contribution in [2.24, 2.45) is 0 Å². The van der Waals surface area contributed by atoms with Crippen LogP contribution in [-0.4, -0.2) is 0 Å². The van der Waals surface area contributed by atoms with Crippen molar-refractivity contribution in [2.45, 2.75) is 20.3 Å². The lowest BCUT2D eigenvalue weighted by Gasteiger charge is -1.76. The quantitative estimate of drug-likeness (QED) is 0.365. The summed E-state index contributed by atoms with van der Waals surface area (Å²) in [6.45, 7) is 7.66. The van der Waals surface area contributed by atoms with Crippen LogP contribution in [0.4, 0.5) is 0 Å². The average Bonchev–Trinajstić information content (AvgIpc) is 1.68. The second-order valence-corrected chi connectivity index (χ2v) is 1.48. The lowest BCUT2D eigenvalue weighted by Crippen LogP contribution is -1.66. The summed E-state index contributed by atoms with van der Waals surface area (Å²) < 4.78 is 0. The fourth-order valence-electron chi connectivity index (χ4n) is 0.276. The summed E-state index contributed by atoms with van der Waals surface area (Å²) in [4.78, 5) is 0. The van der Waals surface area contributed by atoms with Crippen molar-refractivity contribution in [3.8, 4) is 0 Å². The molecule has 0 aliphatic rings. The molecular formula is C7H11+. The van der Waals surface area contributed by atoms with E-state index in [9.17, 15) is 0 Å². The topological polar surface area (TPSA) is 0 Å². The van der Waals surface area contributed by atoms with E-state index in [0.717, 1.165) is 6.42 Å². The lowest BCUT2D eigenvalue weighted by molar-refractivity contribution is 1.09. The molecule has 0 aliphatic heterocycles. The van der Waals surface area contributed by atoms with Gasteiger partial charge < -0.3 is 0 Å². The van der Waals surface area contributed by atoms with Gasteiger partial charge in [0.1, 0.15) is 0 Å². The van der Waals surface area contributed by atoms with Gasteiger partial charge in [-0.25, -0.2) is 0 Å². The molecule has 0 atom stereocenters. The highest BCUT2D eigenvalue weighted by atomic mass is 13.8. The van der Waals surface area contributed by atoms with Gasteiger partial charge in [0.25, 0.3) is 0 Å². The smallest absolute Gasteiger partial charge is 0.0592 e. The Morgan fingerprint density at radius 3 is 2.57 bits per heavy atom. The largest absolute Gasteiger partial charge is 0.152 e. The Kier molecular flexibility index (Phi) is 3.26. The average molecular weight is 95.2 g/mol. The summed E-state index contributed by atoms with van der Waals surface area (Å²) in [6, 6.07) is 0. The molecular weight excluding hydrogens is 84.1 g/mol. The maximum atomic E-state index is 3.52. The first-order valence-electron chi connectivity index (χ1n) is 2.51. The number of hydrogen-bond donors (Lipinski definition) is 0. The summed E-state index contributed by atoms with van der Waals surface area (Å²) in [6.07, 6.45) is 5.74.